The minimum atomic E-state index is -0.728. The second kappa shape index (κ2) is 4.08. The van der Waals surface area contributed by atoms with Gasteiger partial charge in [-0.15, -0.1) is 0 Å². The number of fused-ring (bicyclic) bond motifs is 1. The predicted molar refractivity (Wildman–Crippen MR) is 53.8 cm³/mol. The molecule has 2 aliphatic carbocycles. The van der Waals surface area contributed by atoms with Crippen LogP contribution in [0.5, 0.6) is 0 Å². The zero-order valence-electron chi connectivity index (χ0n) is 8.99. The molecule has 2 rings (SSSR count). The quantitative estimate of drug-likeness (QED) is 0.670. The SMILES string of the molecule is COC(=O)C1CC2CCC(F)CC2C1N. The third-order valence-electron chi connectivity index (χ3n) is 4.00. The minimum Gasteiger partial charge on any atom is -0.469 e. The summed E-state index contributed by atoms with van der Waals surface area (Å²) in [5.41, 5.74) is 6.00. The third kappa shape index (κ3) is 1.87. The van der Waals surface area contributed by atoms with Crippen molar-refractivity contribution in [3.63, 3.8) is 0 Å². The molecule has 0 radical (unpaired) electrons. The fraction of sp³-hybridized carbons (Fsp3) is 0.909. The third-order valence-corrected chi connectivity index (χ3v) is 4.00. The van der Waals surface area contributed by atoms with Gasteiger partial charge in [-0.1, -0.05) is 0 Å². The number of nitrogens with two attached hydrogens (primary N) is 1. The second-order valence-corrected chi connectivity index (χ2v) is 4.78. The fourth-order valence-electron chi connectivity index (χ4n) is 3.17. The van der Waals surface area contributed by atoms with Crippen molar-refractivity contribution in [1.82, 2.24) is 0 Å². The molecule has 0 aromatic heterocycles. The van der Waals surface area contributed by atoms with E-state index in [-0.39, 0.29) is 23.8 Å². The zero-order chi connectivity index (χ0) is 11.0. The van der Waals surface area contributed by atoms with E-state index in [9.17, 15) is 9.18 Å². The van der Waals surface area contributed by atoms with Gasteiger partial charge in [-0.2, -0.15) is 0 Å². The lowest BCUT2D eigenvalue weighted by Gasteiger charge is -2.29. The van der Waals surface area contributed by atoms with Gasteiger partial charge in [-0.3, -0.25) is 4.79 Å². The summed E-state index contributed by atoms with van der Waals surface area (Å²) in [4.78, 5) is 11.5. The molecule has 2 aliphatic rings. The molecular formula is C11H18FNO2. The lowest BCUT2D eigenvalue weighted by atomic mass is 9.79. The molecule has 5 atom stereocenters. The van der Waals surface area contributed by atoms with Crippen molar-refractivity contribution in [3.05, 3.63) is 0 Å². The predicted octanol–water partition coefficient (Wildman–Crippen LogP) is 1.26. The van der Waals surface area contributed by atoms with Crippen molar-refractivity contribution >= 4 is 5.97 Å². The first-order chi connectivity index (χ1) is 7.13. The van der Waals surface area contributed by atoms with Gasteiger partial charge in [0.1, 0.15) is 6.17 Å². The molecule has 0 spiro atoms. The van der Waals surface area contributed by atoms with Gasteiger partial charge in [-0.25, -0.2) is 4.39 Å². The van der Waals surface area contributed by atoms with Gasteiger partial charge >= 0.3 is 5.97 Å². The van der Waals surface area contributed by atoms with E-state index in [1.54, 1.807) is 0 Å². The van der Waals surface area contributed by atoms with Gasteiger partial charge in [0.2, 0.25) is 0 Å². The highest BCUT2D eigenvalue weighted by Gasteiger charge is 2.47. The summed E-state index contributed by atoms with van der Waals surface area (Å²) < 4.78 is 18.0. The van der Waals surface area contributed by atoms with Crippen molar-refractivity contribution in [2.75, 3.05) is 7.11 Å². The summed E-state index contributed by atoms with van der Waals surface area (Å²) in [6, 6.07) is -0.207. The van der Waals surface area contributed by atoms with Crippen LogP contribution in [0.1, 0.15) is 25.7 Å². The molecule has 2 N–H and O–H groups in total. The van der Waals surface area contributed by atoms with E-state index < -0.39 is 6.17 Å². The molecule has 0 amide bonds. The lowest BCUT2D eigenvalue weighted by Crippen LogP contribution is -2.38. The Morgan fingerprint density at radius 2 is 2.13 bits per heavy atom. The Bertz CT molecular complexity index is 259. The van der Waals surface area contributed by atoms with E-state index in [1.165, 1.54) is 7.11 Å². The Morgan fingerprint density at radius 3 is 2.80 bits per heavy atom. The number of halogens is 1. The van der Waals surface area contributed by atoms with Crippen LogP contribution in [-0.4, -0.2) is 25.3 Å². The molecule has 0 aliphatic heterocycles. The van der Waals surface area contributed by atoms with Crippen molar-refractivity contribution < 1.29 is 13.9 Å². The molecule has 0 saturated heterocycles. The maximum Gasteiger partial charge on any atom is 0.310 e. The Kier molecular flexibility index (Phi) is 2.96. The first kappa shape index (κ1) is 10.9. The van der Waals surface area contributed by atoms with Crippen LogP contribution in [0.15, 0.2) is 0 Å². The van der Waals surface area contributed by atoms with Gasteiger partial charge in [0.15, 0.2) is 0 Å². The van der Waals surface area contributed by atoms with Crippen molar-refractivity contribution in [2.24, 2.45) is 23.5 Å². The monoisotopic (exact) mass is 215 g/mol. The molecule has 0 bridgehead atoms. The van der Waals surface area contributed by atoms with E-state index in [4.69, 9.17) is 10.5 Å². The molecule has 2 fully saturated rings. The summed E-state index contributed by atoms with van der Waals surface area (Å²) in [6.07, 6.45) is 2.08. The molecule has 3 nitrogen and oxygen atoms in total. The lowest BCUT2D eigenvalue weighted by molar-refractivity contribution is -0.145. The molecule has 4 heteroatoms. The smallest absolute Gasteiger partial charge is 0.310 e. The molecule has 86 valence electrons. The number of methoxy groups -OCH3 is 1. The number of hydrogen-bond acceptors (Lipinski definition) is 3. The van der Waals surface area contributed by atoms with Crippen molar-refractivity contribution in [2.45, 2.75) is 37.9 Å². The van der Waals surface area contributed by atoms with Crippen LogP contribution in [0.2, 0.25) is 0 Å². The minimum absolute atomic E-state index is 0.179. The Hall–Kier alpha value is -0.640. The number of carbonyl (C=O) groups is 1. The molecule has 15 heavy (non-hydrogen) atoms. The van der Waals surface area contributed by atoms with Crippen LogP contribution >= 0.6 is 0 Å². The Balaban J connectivity index is 2.06. The molecule has 0 aromatic rings. The van der Waals surface area contributed by atoms with E-state index in [1.807, 2.05) is 0 Å². The molecule has 5 unspecified atom stereocenters. The van der Waals surface area contributed by atoms with Crippen LogP contribution in [-0.2, 0) is 9.53 Å². The largest absolute Gasteiger partial charge is 0.469 e. The maximum absolute atomic E-state index is 13.2. The second-order valence-electron chi connectivity index (χ2n) is 4.78. The highest BCUT2D eigenvalue weighted by Crippen LogP contribution is 2.45. The highest BCUT2D eigenvalue weighted by atomic mass is 19.1. The van der Waals surface area contributed by atoms with Crippen molar-refractivity contribution in [1.29, 1.82) is 0 Å². The maximum atomic E-state index is 13.2. The highest BCUT2D eigenvalue weighted by molar-refractivity contribution is 5.73. The molecule has 2 saturated carbocycles. The molecular weight excluding hydrogens is 197 g/mol. The average molecular weight is 215 g/mol. The van der Waals surface area contributed by atoms with Crippen LogP contribution in [0, 0.1) is 17.8 Å². The van der Waals surface area contributed by atoms with Crippen molar-refractivity contribution in [3.8, 4) is 0 Å². The standard InChI is InChI=1S/C11H18FNO2/c1-15-11(14)9-4-6-2-3-7(12)5-8(6)10(9)13/h6-10H,2-5,13H2,1H3. The number of esters is 1. The topological polar surface area (TPSA) is 52.3 Å². The molecule has 0 aromatic carbocycles. The number of ether oxygens (including phenoxy) is 1. The first-order valence-corrected chi connectivity index (χ1v) is 5.61. The number of carbonyl (C=O) groups excluding carboxylic acids is 1. The van der Waals surface area contributed by atoms with Crippen LogP contribution in [0.3, 0.4) is 0 Å². The zero-order valence-corrected chi connectivity index (χ0v) is 8.99. The van der Waals surface area contributed by atoms with Gasteiger partial charge in [0.05, 0.1) is 13.0 Å². The average Bonchev–Trinajstić information content (AvgIpc) is 2.55. The van der Waals surface area contributed by atoms with Crippen LogP contribution in [0.25, 0.3) is 0 Å². The Morgan fingerprint density at radius 1 is 1.40 bits per heavy atom. The summed E-state index contributed by atoms with van der Waals surface area (Å²) in [5, 5.41) is 0. The Labute approximate surface area is 89.2 Å². The molecule has 0 heterocycles. The van der Waals surface area contributed by atoms with Gasteiger partial charge in [0, 0.05) is 6.04 Å². The van der Waals surface area contributed by atoms with E-state index >= 15 is 0 Å². The number of rotatable bonds is 1. The van der Waals surface area contributed by atoms with Gasteiger partial charge < -0.3 is 10.5 Å². The number of alkyl halides is 1. The number of hydrogen-bond donors (Lipinski definition) is 1. The van der Waals surface area contributed by atoms with Gasteiger partial charge in [-0.05, 0) is 37.5 Å². The summed E-state index contributed by atoms with van der Waals surface area (Å²) >= 11 is 0. The van der Waals surface area contributed by atoms with Crippen LogP contribution < -0.4 is 5.73 Å². The van der Waals surface area contributed by atoms with E-state index in [2.05, 4.69) is 0 Å². The van der Waals surface area contributed by atoms with Gasteiger partial charge in [0.25, 0.3) is 0 Å². The van der Waals surface area contributed by atoms with E-state index in [0.29, 0.717) is 18.8 Å². The summed E-state index contributed by atoms with van der Waals surface area (Å²) in [7, 11) is 1.38. The first-order valence-electron chi connectivity index (χ1n) is 5.61. The van der Waals surface area contributed by atoms with Crippen LogP contribution in [0.4, 0.5) is 4.39 Å². The summed E-state index contributed by atoms with van der Waals surface area (Å²) in [6.45, 7) is 0. The van der Waals surface area contributed by atoms with E-state index in [0.717, 1.165) is 12.8 Å². The normalized spacial score (nSPS) is 44.9. The summed E-state index contributed by atoms with van der Waals surface area (Å²) in [5.74, 6) is 0.163. The fourth-order valence-corrected chi connectivity index (χ4v) is 3.17.